The Hall–Kier alpha value is -3.93. The molecule has 0 bridgehead atoms. The van der Waals surface area contributed by atoms with Crippen LogP contribution in [0.4, 0.5) is 10.1 Å². The number of carboxylic acids is 1. The first-order chi connectivity index (χ1) is 17.7. The smallest absolute Gasteiger partial charge is 0.341 e. The largest absolute Gasteiger partial charge is 0.492 e. The van der Waals surface area contributed by atoms with Crippen molar-refractivity contribution in [3.8, 4) is 5.75 Å². The Morgan fingerprint density at radius 3 is 2.65 bits per heavy atom. The molecule has 2 N–H and O–H groups in total. The standard InChI is InChI=1S/C25H25FN4O6S/c1-13-11-28(7-8-29(13)25(37)27-23(32)18-4-3-9-36-18)20-17(26)10-15-19(22(20)35-2)30(14-5-6-14)12-16(21(15)31)24(33)34/h3-4,9-10,12-14H,5-8,11H2,1-2H3,(H,33,34)(H,27,32,37). The van der Waals surface area contributed by atoms with Crippen LogP contribution in [0.15, 0.2) is 39.9 Å². The minimum atomic E-state index is -1.36. The van der Waals surface area contributed by atoms with Crippen molar-refractivity contribution in [1.82, 2.24) is 14.8 Å². The Morgan fingerprint density at radius 1 is 1.30 bits per heavy atom. The average molecular weight is 529 g/mol. The summed E-state index contributed by atoms with van der Waals surface area (Å²) in [5.41, 5.74) is -0.573. The number of furan rings is 1. The zero-order chi connectivity index (χ0) is 26.4. The second-order valence-electron chi connectivity index (χ2n) is 9.18. The lowest BCUT2D eigenvalue weighted by molar-refractivity contribution is 0.0694. The number of hydrogen-bond acceptors (Lipinski definition) is 7. The first kappa shape index (κ1) is 24.8. The van der Waals surface area contributed by atoms with E-state index in [1.807, 2.05) is 16.7 Å². The van der Waals surface area contributed by atoms with Crippen LogP contribution < -0.4 is 20.4 Å². The fourth-order valence-electron chi connectivity index (χ4n) is 4.82. The van der Waals surface area contributed by atoms with Gasteiger partial charge in [-0.3, -0.25) is 14.9 Å². The molecule has 2 fully saturated rings. The third-order valence-corrected chi connectivity index (χ3v) is 7.08. The van der Waals surface area contributed by atoms with Crippen LogP contribution in [0, 0.1) is 5.82 Å². The number of nitrogens with one attached hydrogen (secondary N) is 1. The summed E-state index contributed by atoms with van der Waals surface area (Å²) in [6.45, 7) is 3.02. The van der Waals surface area contributed by atoms with Gasteiger partial charge in [0, 0.05) is 37.9 Å². The molecule has 2 aliphatic rings. The van der Waals surface area contributed by atoms with Crippen LogP contribution in [0.2, 0.25) is 0 Å². The van der Waals surface area contributed by atoms with Gasteiger partial charge in [-0.1, -0.05) is 0 Å². The van der Waals surface area contributed by atoms with Crippen molar-refractivity contribution in [2.75, 3.05) is 31.6 Å². The third kappa shape index (κ3) is 4.41. The number of aromatic carboxylic acids is 1. The van der Waals surface area contributed by atoms with E-state index in [0.717, 1.165) is 18.9 Å². The van der Waals surface area contributed by atoms with Gasteiger partial charge in [-0.05, 0) is 50.2 Å². The Bertz CT molecular complexity index is 1470. The van der Waals surface area contributed by atoms with E-state index in [-0.39, 0.29) is 39.8 Å². The molecule has 1 amide bonds. The molecule has 1 atom stereocenters. The number of aromatic nitrogens is 1. The van der Waals surface area contributed by atoms with Gasteiger partial charge in [0.25, 0.3) is 5.91 Å². The number of fused-ring (bicyclic) bond motifs is 1. The van der Waals surface area contributed by atoms with Crippen molar-refractivity contribution >= 4 is 45.8 Å². The first-order valence-electron chi connectivity index (χ1n) is 11.8. The van der Waals surface area contributed by atoms with E-state index in [4.69, 9.17) is 21.4 Å². The molecule has 3 aromatic rings. The third-order valence-electron chi connectivity index (χ3n) is 6.74. The van der Waals surface area contributed by atoms with Crippen LogP contribution in [0.5, 0.6) is 5.75 Å². The molecule has 12 heteroatoms. The second kappa shape index (κ2) is 9.51. The number of amides is 1. The topological polar surface area (TPSA) is 117 Å². The van der Waals surface area contributed by atoms with Gasteiger partial charge in [0.2, 0.25) is 5.43 Å². The van der Waals surface area contributed by atoms with Crippen molar-refractivity contribution < 1.29 is 28.2 Å². The fourth-order valence-corrected chi connectivity index (χ4v) is 5.19. The van der Waals surface area contributed by atoms with Crippen molar-refractivity contribution in [3.05, 3.63) is 58.0 Å². The molecule has 0 radical (unpaired) electrons. The fraction of sp³-hybridized carbons (Fsp3) is 0.360. The molecule has 5 rings (SSSR count). The van der Waals surface area contributed by atoms with Crippen LogP contribution in [-0.4, -0.2) is 64.3 Å². The Balaban J connectivity index is 1.47. The number of halogens is 1. The molecule has 2 aromatic heterocycles. The van der Waals surface area contributed by atoms with Gasteiger partial charge >= 0.3 is 5.97 Å². The van der Waals surface area contributed by atoms with Crippen molar-refractivity contribution in [1.29, 1.82) is 0 Å². The maximum absolute atomic E-state index is 15.6. The maximum atomic E-state index is 15.6. The molecule has 10 nitrogen and oxygen atoms in total. The molecule has 1 aliphatic carbocycles. The van der Waals surface area contributed by atoms with E-state index in [2.05, 4.69) is 5.32 Å². The molecule has 3 heterocycles. The maximum Gasteiger partial charge on any atom is 0.341 e. The zero-order valence-corrected chi connectivity index (χ0v) is 21.0. The predicted molar refractivity (Wildman–Crippen MR) is 137 cm³/mol. The van der Waals surface area contributed by atoms with Crippen LogP contribution in [0.3, 0.4) is 0 Å². The zero-order valence-electron chi connectivity index (χ0n) is 20.2. The van der Waals surface area contributed by atoms with Gasteiger partial charge in [-0.2, -0.15) is 0 Å². The number of anilines is 1. The summed E-state index contributed by atoms with van der Waals surface area (Å²) in [5.74, 6) is -2.16. The molecule has 1 aromatic carbocycles. The summed E-state index contributed by atoms with van der Waals surface area (Å²) in [4.78, 5) is 40.6. The summed E-state index contributed by atoms with van der Waals surface area (Å²) in [5, 5.41) is 12.4. The lowest BCUT2D eigenvalue weighted by Crippen LogP contribution is -2.57. The number of ether oxygens (including phenoxy) is 1. The van der Waals surface area contributed by atoms with Crippen LogP contribution in [0.1, 0.15) is 46.7 Å². The molecular formula is C25H25FN4O6S. The van der Waals surface area contributed by atoms with E-state index in [9.17, 15) is 19.5 Å². The number of carbonyl (C=O) groups is 2. The number of rotatable bonds is 5. The first-order valence-corrected chi connectivity index (χ1v) is 12.2. The SMILES string of the molecule is COc1c(N2CCN(C(=S)NC(=O)c3ccco3)C(C)C2)c(F)cc2c(=O)c(C(=O)O)cn(C3CC3)c12. The van der Waals surface area contributed by atoms with Gasteiger partial charge in [0.1, 0.15) is 11.3 Å². The number of hydrogen-bond donors (Lipinski definition) is 2. The summed E-state index contributed by atoms with van der Waals surface area (Å²) in [6, 6.07) is 4.06. The number of methoxy groups -OCH3 is 1. The van der Waals surface area contributed by atoms with Gasteiger partial charge in [-0.25, -0.2) is 9.18 Å². The van der Waals surface area contributed by atoms with Gasteiger partial charge in [0.05, 0.1) is 24.3 Å². The van der Waals surface area contributed by atoms with Gasteiger partial charge in [0.15, 0.2) is 22.4 Å². The van der Waals surface area contributed by atoms with E-state index in [0.29, 0.717) is 25.2 Å². The minimum absolute atomic E-state index is 0.0133. The van der Waals surface area contributed by atoms with Crippen molar-refractivity contribution in [3.63, 3.8) is 0 Å². The molecule has 37 heavy (non-hydrogen) atoms. The number of nitrogens with zero attached hydrogens (tertiary/aromatic N) is 3. The normalized spacial score (nSPS) is 17.6. The lowest BCUT2D eigenvalue weighted by atomic mass is 10.1. The molecule has 1 saturated carbocycles. The Kier molecular flexibility index (Phi) is 6.36. The number of carbonyl (C=O) groups excluding carboxylic acids is 1. The van der Waals surface area contributed by atoms with E-state index >= 15 is 4.39 Å². The lowest BCUT2D eigenvalue weighted by Gasteiger charge is -2.42. The highest BCUT2D eigenvalue weighted by Crippen LogP contribution is 2.44. The second-order valence-corrected chi connectivity index (χ2v) is 9.56. The highest BCUT2D eigenvalue weighted by molar-refractivity contribution is 7.80. The predicted octanol–water partition coefficient (Wildman–Crippen LogP) is 3.00. The number of benzene rings is 1. The monoisotopic (exact) mass is 528 g/mol. The highest BCUT2D eigenvalue weighted by atomic mass is 32.1. The quantitative estimate of drug-likeness (QED) is 0.482. The van der Waals surface area contributed by atoms with E-state index in [1.54, 1.807) is 10.6 Å². The van der Waals surface area contributed by atoms with Gasteiger partial charge < -0.3 is 28.6 Å². The number of thiocarbonyl (C=S) groups is 1. The van der Waals surface area contributed by atoms with Crippen LogP contribution in [-0.2, 0) is 0 Å². The summed E-state index contributed by atoms with van der Waals surface area (Å²) >= 11 is 5.44. The van der Waals surface area contributed by atoms with Crippen molar-refractivity contribution in [2.24, 2.45) is 0 Å². The molecular weight excluding hydrogens is 503 g/mol. The Labute approximate surface area is 216 Å². The number of pyridine rings is 1. The number of piperazine rings is 1. The van der Waals surface area contributed by atoms with Crippen molar-refractivity contribution in [2.45, 2.75) is 31.8 Å². The summed E-state index contributed by atoms with van der Waals surface area (Å²) < 4.78 is 28.1. The Morgan fingerprint density at radius 2 is 2.05 bits per heavy atom. The van der Waals surface area contributed by atoms with Crippen LogP contribution >= 0.6 is 12.2 Å². The van der Waals surface area contributed by atoms with E-state index < -0.39 is 28.7 Å². The van der Waals surface area contributed by atoms with Crippen LogP contribution in [0.25, 0.3) is 10.9 Å². The highest BCUT2D eigenvalue weighted by Gasteiger charge is 2.34. The minimum Gasteiger partial charge on any atom is -0.492 e. The van der Waals surface area contributed by atoms with Gasteiger partial charge in [-0.15, -0.1) is 0 Å². The average Bonchev–Trinajstić information content (AvgIpc) is 3.55. The molecule has 0 spiro atoms. The molecule has 194 valence electrons. The molecule has 1 unspecified atom stereocenters. The van der Waals surface area contributed by atoms with E-state index in [1.165, 1.54) is 25.6 Å². The molecule has 1 aliphatic heterocycles. The summed E-state index contributed by atoms with van der Waals surface area (Å²) in [6.07, 6.45) is 4.37. The number of carboxylic acid groups (broad SMARTS) is 1. The molecule has 1 saturated heterocycles. The summed E-state index contributed by atoms with van der Waals surface area (Å²) in [7, 11) is 1.41.